The number of benzene rings is 2. The second-order valence-corrected chi connectivity index (χ2v) is 22.8. The summed E-state index contributed by atoms with van der Waals surface area (Å²) in [5.41, 5.74) is 13.3. The molecule has 3 aromatic rings. The lowest BCUT2D eigenvalue weighted by Gasteiger charge is -2.29. The second-order valence-electron chi connectivity index (χ2n) is 22.8. The Labute approximate surface area is 509 Å². The number of aromatic amines is 1. The highest BCUT2D eigenvalue weighted by molar-refractivity contribution is 6.00. The third-order valence-corrected chi connectivity index (χ3v) is 14.0. The maximum Gasteiger partial charge on any atom is 0.326 e. The first-order chi connectivity index (χ1) is 41.5. The summed E-state index contributed by atoms with van der Waals surface area (Å²) in [5, 5.41) is 72.6. The number of hydrogen-bond donors (Lipinski definition) is 17. The van der Waals surface area contributed by atoms with E-state index in [2.05, 4.69) is 52.8 Å². The van der Waals surface area contributed by atoms with E-state index >= 15 is 0 Å². The third-order valence-electron chi connectivity index (χ3n) is 14.0. The average Bonchev–Trinajstić information content (AvgIpc) is 3.03. The summed E-state index contributed by atoms with van der Waals surface area (Å²) in [6.07, 6.45) is -1.39. The van der Waals surface area contributed by atoms with E-state index in [9.17, 15) is 78.0 Å². The summed E-state index contributed by atoms with van der Waals surface area (Å²) in [6.45, 7) is 10.4. The topological polar surface area (TPSA) is 482 Å². The highest BCUT2D eigenvalue weighted by atomic mass is 16.4. The Bertz CT molecular complexity index is 2870. The number of nitrogens with two attached hydrogens (primary N) is 2. The van der Waals surface area contributed by atoms with E-state index in [4.69, 9.17) is 16.6 Å². The van der Waals surface area contributed by atoms with E-state index in [0.717, 1.165) is 6.92 Å². The van der Waals surface area contributed by atoms with Gasteiger partial charge in [0.2, 0.25) is 53.2 Å². The van der Waals surface area contributed by atoms with Gasteiger partial charge < -0.3 is 89.8 Å². The SMILES string of the molecule is CC(C)C[C@H](NC(=O)[C@H](CC(C)C)NC(=O)[C@H](CCCCN)NC(=O)[C@H](Cc1c[nH]c2ccccc12)NC(=O)[C@@H](NC(=O)[C@H](CC(=O)O)NC(=O)[C@H](CO)NC(=O)[C@H](Cc1ccccc1)NC(=O)[C@@H](NC(=O)[C@@H](N)CCC(=O)O)[C@@H](C)O)C(C)C)C(=O)O. The van der Waals surface area contributed by atoms with Crippen LogP contribution in [-0.4, -0.2) is 181 Å². The number of aliphatic carboxylic acids is 3. The normalized spacial score (nSPS) is 15.1. The Morgan fingerprint density at radius 3 is 1.53 bits per heavy atom. The summed E-state index contributed by atoms with van der Waals surface area (Å²) in [6, 6.07) is -0.392. The van der Waals surface area contributed by atoms with Crippen molar-refractivity contribution in [2.24, 2.45) is 29.2 Å². The molecule has 19 N–H and O–H groups in total. The molecule has 0 saturated carbocycles. The molecule has 0 aliphatic heterocycles. The Balaban J connectivity index is 1.94. The Morgan fingerprint density at radius 2 is 0.977 bits per heavy atom. The molecule has 29 heteroatoms. The van der Waals surface area contributed by atoms with Crippen LogP contribution in [0.25, 0.3) is 10.9 Å². The lowest BCUT2D eigenvalue weighted by atomic mass is 9.99. The predicted octanol–water partition coefficient (Wildman–Crippen LogP) is -1.68. The van der Waals surface area contributed by atoms with Crippen molar-refractivity contribution in [3.05, 3.63) is 71.9 Å². The molecule has 0 radical (unpaired) electrons. The standard InChI is InChI=1S/C59H88N12O17/c1-30(2)23-40(52(80)68-44(59(87)88)24-31(3)4)64-51(79)39(19-13-14-22-60)63-54(82)42(26-35-28-62-38-18-12-11-17-36(35)38)67-57(85)48(32(5)6)70-55(83)43(27-47(76)77)65-56(84)45(29-72)69-53(81)41(25-34-15-9-8-10-16-34)66-58(86)49(33(7)73)71-50(78)37(61)20-21-46(74)75/h8-12,15-18,28,30-33,37,39-45,48-49,62,72-73H,13-14,19-27,29,60-61H2,1-7H3,(H,63,82)(H,64,79)(H,65,84)(H,66,86)(H,67,85)(H,68,80)(H,69,81)(H,70,83)(H,71,78)(H,74,75)(H,76,77)(H,87,88)/t33-,37+,39+,40+,41+,42+,43+,44+,45+,48+,49+/m1/s1. The Hall–Kier alpha value is -8.54. The van der Waals surface area contributed by atoms with Crippen molar-refractivity contribution in [3.63, 3.8) is 0 Å². The number of rotatable bonds is 39. The molecule has 486 valence electrons. The van der Waals surface area contributed by atoms with Crippen LogP contribution < -0.4 is 59.3 Å². The largest absolute Gasteiger partial charge is 0.481 e. The highest BCUT2D eigenvalue weighted by Gasteiger charge is 2.38. The summed E-state index contributed by atoms with van der Waals surface area (Å²) >= 11 is 0. The van der Waals surface area contributed by atoms with Gasteiger partial charge in [0.05, 0.1) is 25.2 Å². The minimum atomic E-state index is -1.99. The van der Waals surface area contributed by atoms with Crippen LogP contribution in [0.4, 0.5) is 0 Å². The first-order valence-corrected chi connectivity index (χ1v) is 29.2. The van der Waals surface area contributed by atoms with Crippen LogP contribution in [0.5, 0.6) is 0 Å². The lowest BCUT2D eigenvalue weighted by molar-refractivity contribution is -0.143. The van der Waals surface area contributed by atoms with Gasteiger partial charge >= 0.3 is 17.9 Å². The van der Waals surface area contributed by atoms with Gasteiger partial charge in [-0.3, -0.25) is 52.7 Å². The molecule has 29 nitrogen and oxygen atoms in total. The molecule has 11 atom stereocenters. The summed E-state index contributed by atoms with van der Waals surface area (Å²) in [7, 11) is 0. The van der Waals surface area contributed by atoms with E-state index in [-0.39, 0.29) is 56.9 Å². The molecule has 0 saturated heterocycles. The zero-order chi connectivity index (χ0) is 65.9. The molecule has 1 aromatic heterocycles. The fraction of sp³-hybridized carbons (Fsp3) is 0.559. The van der Waals surface area contributed by atoms with Crippen molar-refractivity contribution in [3.8, 4) is 0 Å². The van der Waals surface area contributed by atoms with E-state index in [1.54, 1.807) is 88.5 Å². The molecule has 0 aliphatic rings. The molecule has 1 heterocycles. The molecular formula is C59H88N12O17. The van der Waals surface area contributed by atoms with Crippen LogP contribution in [0.2, 0.25) is 0 Å². The number of carboxylic acids is 3. The first-order valence-electron chi connectivity index (χ1n) is 29.2. The number of carboxylic acid groups (broad SMARTS) is 3. The summed E-state index contributed by atoms with van der Waals surface area (Å²) < 4.78 is 0. The Morgan fingerprint density at radius 1 is 0.500 bits per heavy atom. The molecule has 9 amide bonds. The summed E-state index contributed by atoms with van der Waals surface area (Å²) in [5.74, 6) is -14.3. The molecule has 2 aromatic carbocycles. The van der Waals surface area contributed by atoms with Crippen LogP contribution in [0, 0.1) is 17.8 Å². The minimum Gasteiger partial charge on any atom is -0.481 e. The number of nitrogens with one attached hydrogen (secondary N) is 10. The van der Waals surface area contributed by atoms with Crippen LogP contribution in [0.1, 0.15) is 111 Å². The van der Waals surface area contributed by atoms with Crippen LogP contribution in [0.15, 0.2) is 60.8 Å². The van der Waals surface area contributed by atoms with Gasteiger partial charge in [-0.15, -0.1) is 0 Å². The minimum absolute atomic E-state index is 0.0117. The van der Waals surface area contributed by atoms with Gasteiger partial charge in [0.1, 0.15) is 54.4 Å². The molecule has 0 spiro atoms. The molecule has 0 fully saturated rings. The number of hydrogen-bond acceptors (Lipinski definition) is 16. The van der Waals surface area contributed by atoms with Crippen molar-refractivity contribution >= 4 is 82.0 Å². The van der Waals surface area contributed by atoms with Crippen LogP contribution in [0.3, 0.4) is 0 Å². The number of carbonyl (C=O) groups is 12. The zero-order valence-corrected chi connectivity index (χ0v) is 50.6. The molecule has 0 unspecified atom stereocenters. The lowest BCUT2D eigenvalue weighted by Crippen LogP contribution is -2.62. The van der Waals surface area contributed by atoms with Gasteiger partial charge in [-0.1, -0.05) is 90.1 Å². The van der Waals surface area contributed by atoms with Crippen molar-refractivity contribution in [2.75, 3.05) is 13.2 Å². The smallest absolute Gasteiger partial charge is 0.326 e. The quantitative estimate of drug-likeness (QED) is 0.0284. The number of H-pyrrole nitrogens is 1. The fourth-order valence-corrected chi connectivity index (χ4v) is 9.27. The second kappa shape index (κ2) is 36.6. The Kier molecular flexibility index (Phi) is 30.6. The molecule has 0 bridgehead atoms. The van der Waals surface area contributed by atoms with Crippen molar-refractivity contribution in [2.45, 2.75) is 179 Å². The maximum absolute atomic E-state index is 14.7. The molecule has 88 heavy (non-hydrogen) atoms. The third kappa shape index (κ3) is 24.7. The van der Waals surface area contributed by atoms with Gasteiger partial charge in [-0.05, 0) is 86.9 Å². The van der Waals surface area contributed by atoms with E-state index in [0.29, 0.717) is 34.9 Å². The van der Waals surface area contributed by atoms with E-state index in [1.165, 1.54) is 13.8 Å². The van der Waals surface area contributed by atoms with Gasteiger partial charge in [0.15, 0.2) is 0 Å². The number of amides is 9. The van der Waals surface area contributed by atoms with Gasteiger partial charge in [0.25, 0.3) is 0 Å². The average molecular weight is 1240 g/mol. The number of fused-ring (bicyclic) bond motifs is 1. The van der Waals surface area contributed by atoms with Crippen LogP contribution >= 0.6 is 0 Å². The number of aromatic nitrogens is 1. The van der Waals surface area contributed by atoms with Gasteiger partial charge in [-0.25, -0.2) is 4.79 Å². The number of aliphatic hydroxyl groups is 2. The highest BCUT2D eigenvalue weighted by Crippen LogP contribution is 2.20. The van der Waals surface area contributed by atoms with Crippen molar-refractivity contribution in [1.82, 2.24) is 52.8 Å². The van der Waals surface area contributed by atoms with E-state index in [1.807, 2.05) is 0 Å². The number of aliphatic hydroxyl groups excluding tert-OH is 2. The number of unbranched alkanes of at least 4 members (excludes halogenated alkanes) is 1. The van der Waals surface area contributed by atoms with Crippen molar-refractivity contribution < 1.29 is 83.1 Å². The number of para-hydroxylation sites is 1. The zero-order valence-electron chi connectivity index (χ0n) is 50.6. The van der Waals surface area contributed by atoms with Gasteiger partial charge in [-0.2, -0.15) is 0 Å². The summed E-state index contributed by atoms with van der Waals surface area (Å²) in [4.78, 5) is 164. The van der Waals surface area contributed by atoms with Crippen LogP contribution in [-0.2, 0) is 70.4 Å². The predicted molar refractivity (Wildman–Crippen MR) is 320 cm³/mol. The fourth-order valence-electron chi connectivity index (χ4n) is 9.27. The van der Waals surface area contributed by atoms with Crippen molar-refractivity contribution in [1.29, 1.82) is 0 Å². The first kappa shape index (κ1) is 73.7. The monoisotopic (exact) mass is 1240 g/mol. The molecular weight excluding hydrogens is 1150 g/mol. The number of carbonyl (C=O) groups excluding carboxylic acids is 9. The van der Waals surface area contributed by atoms with E-state index < -0.39 is 163 Å². The van der Waals surface area contributed by atoms with Gasteiger partial charge in [0, 0.05) is 36.4 Å². The maximum atomic E-state index is 14.7. The molecule has 0 aliphatic carbocycles. The molecule has 3 rings (SSSR count).